The molecule has 134 valence electrons. The van der Waals surface area contributed by atoms with Gasteiger partial charge in [-0.15, -0.1) is 0 Å². The van der Waals surface area contributed by atoms with E-state index in [1.807, 2.05) is 25.1 Å². The van der Waals surface area contributed by atoms with E-state index in [0.717, 1.165) is 5.56 Å². The first-order valence-electron chi connectivity index (χ1n) is 7.81. The van der Waals surface area contributed by atoms with Gasteiger partial charge in [0.15, 0.2) is 0 Å². The van der Waals surface area contributed by atoms with Gasteiger partial charge in [-0.3, -0.25) is 4.79 Å². The highest BCUT2D eigenvalue weighted by Gasteiger charge is 2.18. The van der Waals surface area contributed by atoms with Crippen LogP contribution < -0.4 is 10.0 Å². The van der Waals surface area contributed by atoms with Crippen molar-refractivity contribution >= 4 is 21.6 Å². The molecule has 0 aliphatic heterocycles. The molecule has 7 heteroatoms. The molecule has 0 fully saturated rings. The quantitative estimate of drug-likeness (QED) is 0.741. The third-order valence-electron chi connectivity index (χ3n) is 3.64. The molecule has 0 heterocycles. The van der Waals surface area contributed by atoms with Crippen LogP contribution in [-0.4, -0.2) is 34.6 Å². The molecule has 0 radical (unpaired) electrons. The van der Waals surface area contributed by atoms with Crippen LogP contribution in [0.1, 0.15) is 21.5 Å². The van der Waals surface area contributed by atoms with E-state index in [9.17, 15) is 13.2 Å². The number of benzene rings is 2. The number of hydrogen-bond donors (Lipinski definition) is 2. The Morgan fingerprint density at radius 2 is 1.88 bits per heavy atom. The Labute approximate surface area is 148 Å². The van der Waals surface area contributed by atoms with Crippen molar-refractivity contribution in [1.82, 2.24) is 4.72 Å². The van der Waals surface area contributed by atoms with Gasteiger partial charge in [-0.1, -0.05) is 18.2 Å². The van der Waals surface area contributed by atoms with Crippen LogP contribution in [0.4, 0.5) is 5.69 Å². The number of rotatable bonds is 7. The average Bonchev–Trinajstić information content (AvgIpc) is 2.55. The van der Waals surface area contributed by atoms with Crippen molar-refractivity contribution in [3.63, 3.8) is 0 Å². The monoisotopic (exact) mass is 362 g/mol. The Hall–Kier alpha value is -2.22. The van der Waals surface area contributed by atoms with Crippen molar-refractivity contribution in [2.75, 3.05) is 25.6 Å². The maximum absolute atomic E-state index is 12.5. The first-order valence-corrected chi connectivity index (χ1v) is 9.29. The Bertz CT molecular complexity index is 863. The zero-order valence-corrected chi connectivity index (χ0v) is 15.3. The molecule has 2 aromatic carbocycles. The van der Waals surface area contributed by atoms with E-state index in [4.69, 9.17) is 4.74 Å². The van der Waals surface area contributed by atoms with Gasteiger partial charge in [-0.25, -0.2) is 13.1 Å². The Kier molecular flexibility index (Phi) is 6.30. The molecule has 0 aliphatic rings. The predicted octanol–water partition coefficient (Wildman–Crippen LogP) is 2.48. The molecular formula is C18H22N2O4S. The van der Waals surface area contributed by atoms with E-state index in [2.05, 4.69) is 10.0 Å². The topological polar surface area (TPSA) is 84.5 Å². The number of ether oxygens (including phenoxy) is 1. The van der Waals surface area contributed by atoms with Crippen molar-refractivity contribution in [2.24, 2.45) is 0 Å². The smallest absolute Gasteiger partial charge is 0.255 e. The summed E-state index contributed by atoms with van der Waals surface area (Å²) in [5.41, 5.74) is 2.70. The van der Waals surface area contributed by atoms with Crippen LogP contribution in [0.15, 0.2) is 47.4 Å². The van der Waals surface area contributed by atoms with Gasteiger partial charge >= 0.3 is 0 Å². The zero-order chi connectivity index (χ0) is 18.4. The van der Waals surface area contributed by atoms with Crippen molar-refractivity contribution < 1.29 is 17.9 Å². The number of methoxy groups -OCH3 is 1. The lowest BCUT2D eigenvalue weighted by atomic mass is 10.1. The van der Waals surface area contributed by atoms with E-state index < -0.39 is 10.0 Å². The minimum atomic E-state index is -3.69. The van der Waals surface area contributed by atoms with Crippen LogP contribution in [0, 0.1) is 13.8 Å². The molecule has 0 spiro atoms. The summed E-state index contributed by atoms with van der Waals surface area (Å²) < 4.78 is 31.9. The number of carbonyl (C=O) groups is 1. The Balaban J connectivity index is 2.25. The Morgan fingerprint density at radius 3 is 2.56 bits per heavy atom. The maximum Gasteiger partial charge on any atom is 0.255 e. The van der Waals surface area contributed by atoms with Crippen molar-refractivity contribution in [3.05, 3.63) is 59.2 Å². The highest BCUT2D eigenvalue weighted by molar-refractivity contribution is 7.89. The first kappa shape index (κ1) is 19.1. The lowest BCUT2D eigenvalue weighted by Crippen LogP contribution is -2.27. The SMILES string of the molecule is COCCNS(=O)(=O)c1ccc(C)c(C(=O)Nc2cccc(C)c2)c1. The number of amides is 1. The Morgan fingerprint density at radius 1 is 1.12 bits per heavy atom. The summed E-state index contributed by atoms with van der Waals surface area (Å²) >= 11 is 0. The molecule has 2 rings (SSSR count). The van der Waals surface area contributed by atoms with Gasteiger partial charge in [0.25, 0.3) is 5.91 Å². The first-order chi connectivity index (χ1) is 11.8. The predicted molar refractivity (Wildman–Crippen MR) is 97.4 cm³/mol. The number of aryl methyl sites for hydroxylation is 2. The largest absolute Gasteiger partial charge is 0.383 e. The summed E-state index contributed by atoms with van der Waals surface area (Å²) in [6.45, 7) is 4.13. The van der Waals surface area contributed by atoms with Crippen molar-refractivity contribution in [2.45, 2.75) is 18.7 Å². The summed E-state index contributed by atoms with van der Waals surface area (Å²) in [4.78, 5) is 12.6. The number of hydrogen-bond acceptors (Lipinski definition) is 4. The van der Waals surface area contributed by atoms with E-state index in [1.165, 1.54) is 19.2 Å². The highest BCUT2D eigenvalue weighted by Crippen LogP contribution is 2.18. The van der Waals surface area contributed by atoms with Crippen LogP contribution >= 0.6 is 0 Å². The number of carbonyl (C=O) groups excluding carboxylic acids is 1. The summed E-state index contributed by atoms with van der Waals surface area (Å²) in [5.74, 6) is -0.350. The normalized spacial score (nSPS) is 11.3. The van der Waals surface area contributed by atoms with Crippen LogP contribution in [0.2, 0.25) is 0 Å². The van der Waals surface area contributed by atoms with Crippen LogP contribution in [-0.2, 0) is 14.8 Å². The van der Waals surface area contributed by atoms with Gasteiger partial charge < -0.3 is 10.1 Å². The van der Waals surface area contributed by atoms with E-state index in [0.29, 0.717) is 16.8 Å². The van der Waals surface area contributed by atoms with Gasteiger partial charge in [0.1, 0.15) is 0 Å². The molecule has 0 aromatic heterocycles. The minimum absolute atomic E-state index is 0.0450. The molecule has 0 atom stereocenters. The van der Waals surface area contributed by atoms with Gasteiger partial charge in [-0.2, -0.15) is 0 Å². The highest BCUT2D eigenvalue weighted by atomic mass is 32.2. The molecule has 0 bridgehead atoms. The molecular weight excluding hydrogens is 340 g/mol. The van der Waals surface area contributed by atoms with Crippen molar-refractivity contribution in [3.8, 4) is 0 Å². The average molecular weight is 362 g/mol. The molecule has 0 saturated heterocycles. The second-order valence-corrected chi connectivity index (χ2v) is 7.46. The second kappa shape index (κ2) is 8.24. The second-order valence-electron chi connectivity index (χ2n) is 5.69. The lowest BCUT2D eigenvalue weighted by Gasteiger charge is -2.11. The van der Waals surface area contributed by atoms with E-state index in [1.54, 1.807) is 19.1 Å². The molecule has 2 aromatic rings. The summed E-state index contributed by atoms with van der Waals surface area (Å²) in [6.07, 6.45) is 0. The van der Waals surface area contributed by atoms with Gasteiger partial charge in [-0.05, 0) is 49.2 Å². The fraction of sp³-hybridized carbons (Fsp3) is 0.278. The molecule has 6 nitrogen and oxygen atoms in total. The molecule has 1 amide bonds. The van der Waals surface area contributed by atoms with Gasteiger partial charge in [0, 0.05) is 24.9 Å². The third kappa shape index (κ3) is 5.12. The fourth-order valence-electron chi connectivity index (χ4n) is 2.30. The molecule has 2 N–H and O–H groups in total. The number of anilines is 1. The minimum Gasteiger partial charge on any atom is -0.383 e. The van der Waals surface area contributed by atoms with Crippen LogP contribution in [0.5, 0.6) is 0 Å². The molecule has 25 heavy (non-hydrogen) atoms. The van der Waals surface area contributed by atoms with Crippen LogP contribution in [0.3, 0.4) is 0 Å². The van der Waals surface area contributed by atoms with Crippen molar-refractivity contribution in [1.29, 1.82) is 0 Å². The van der Waals surface area contributed by atoms with Crippen LogP contribution in [0.25, 0.3) is 0 Å². The summed E-state index contributed by atoms with van der Waals surface area (Å²) in [7, 11) is -2.20. The molecule has 0 aliphatic carbocycles. The standard InChI is InChI=1S/C18H22N2O4S/c1-13-5-4-6-15(11-13)20-18(21)17-12-16(8-7-14(17)2)25(22,23)19-9-10-24-3/h4-8,11-12,19H,9-10H2,1-3H3,(H,20,21). The number of nitrogens with one attached hydrogen (secondary N) is 2. The van der Waals surface area contributed by atoms with E-state index >= 15 is 0 Å². The molecule has 0 unspecified atom stereocenters. The lowest BCUT2D eigenvalue weighted by molar-refractivity contribution is 0.102. The van der Waals surface area contributed by atoms with Gasteiger partial charge in [0.05, 0.1) is 11.5 Å². The van der Waals surface area contributed by atoms with Gasteiger partial charge in [0.2, 0.25) is 10.0 Å². The summed E-state index contributed by atoms with van der Waals surface area (Å²) in [5, 5.41) is 2.80. The fourth-order valence-corrected chi connectivity index (χ4v) is 3.33. The van der Waals surface area contributed by atoms with E-state index in [-0.39, 0.29) is 24.0 Å². The molecule has 0 saturated carbocycles. The summed E-state index contributed by atoms with van der Waals surface area (Å²) in [6, 6.07) is 11.9. The third-order valence-corrected chi connectivity index (χ3v) is 5.10. The maximum atomic E-state index is 12.5. The number of sulfonamides is 1. The zero-order valence-electron chi connectivity index (χ0n) is 14.5.